The number of nitrogens with one attached hydrogen (secondary N) is 1. The van der Waals surface area contributed by atoms with Crippen LogP contribution in [0.3, 0.4) is 0 Å². The van der Waals surface area contributed by atoms with Crippen LogP contribution in [-0.2, 0) is 19.6 Å². The highest BCUT2D eigenvalue weighted by atomic mass is 32.2. The first-order valence-electron chi connectivity index (χ1n) is 6.42. The van der Waals surface area contributed by atoms with Crippen molar-refractivity contribution in [2.75, 3.05) is 5.75 Å². The SMILES string of the molecule is CCS(=O)(=O)N[C@@H](C(=O)OC(C)(C)C)c1ccccc1. The molecule has 1 atom stereocenters. The molecule has 0 unspecified atom stereocenters. The Hall–Kier alpha value is -1.40. The number of carbonyl (C=O) groups is 1. The molecule has 0 aliphatic rings. The number of benzene rings is 1. The standard InChI is InChI=1S/C14H21NO4S/c1-5-20(17,18)15-12(11-9-7-6-8-10-11)13(16)19-14(2,3)4/h6-10,12,15H,5H2,1-4H3/t12-/m1/s1. The van der Waals surface area contributed by atoms with Crippen molar-refractivity contribution in [2.45, 2.75) is 39.3 Å². The third-order valence-electron chi connectivity index (χ3n) is 2.45. The molecule has 0 amide bonds. The van der Waals surface area contributed by atoms with Crippen molar-refractivity contribution in [1.29, 1.82) is 0 Å². The van der Waals surface area contributed by atoms with Gasteiger partial charge < -0.3 is 4.74 Å². The molecule has 0 radical (unpaired) electrons. The lowest BCUT2D eigenvalue weighted by Gasteiger charge is -2.24. The molecule has 0 aromatic heterocycles. The highest BCUT2D eigenvalue weighted by Crippen LogP contribution is 2.19. The smallest absolute Gasteiger partial charge is 0.329 e. The zero-order valence-corrected chi connectivity index (χ0v) is 13.0. The van der Waals surface area contributed by atoms with Crippen LogP contribution in [0.25, 0.3) is 0 Å². The molecule has 1 N–H and O–H groups in total. The number of esters is 1. The maximum Gasteiger partial charge on any atom is 0.329 e. The summed E-state index contributed by atoms with van der Waals surface area (Å²) in [6.07, 6.45) is 0. The Balaban J connectivity index is 3.06. The summed E-state index contributed by atoms with van der Waals surface area (Å²) in [4.78, 5) is 12.2. The van der Waals surface area contributed by atoms with E-state index >= 15 is 0 Å². The Morgan fingerprint density at radius 1 is 1.25 bits per heavy atom. The average molecular weight is 299 g/mol. The van der Waals surface area contributed by atoms with Crippen molar-refractivity contribution in [3.63, 3.8) is 0 Å². The first kappa shape index (κ1) is 16.7. The lowest BCUT2D eigenvalue weighted by Crippen LogP contribution is -2.38. The van der Waals surface area contributed by atoms with Crippen LogP contribution in [0.1, 0.15) is 39.3 Å². The molecule has 1 aromatic carbocycles. The normalized spacial score (nSPS) is 13.8. The summed E-state index contributed by atoms with van der Waals surface area (Å²) in [6.45, 7) is 6.73. The Bertz CT molecular complexity index is 546. The van der Waals surface area contributed by atoms with Crippen LogP contribution in [-0.4, -0.2) is 25.7 Å². The molecule has 5 nitrogen and oxygen atoms in total. The summed E-state index contributed by atoms with van der Waals surface area (Å²) < 4.78 is 31.1. The van der Waals surface area contributed by atoms with Crippen molar-refractivity contribution in [2.24, 2.45) is 0 Å². The van der Waals surface area contributed by atoms with Gasteiger partial charge >= 0.3 is 5.97 Å². The van der Waals surface area contributed by atoms with Gasteiger partial charge in [-0.05, 0) is 33.3 Å². The maximum atomic E-state index is 12.2. The fourth-order valence-corrected chi connectivity index (χ4v) is 2.28. The average Bonchev–Trinajstić information content (AvgIpc) is 2.35. The Morgan fingerprint density at radius 2 is 1.80 bits per heavy atom. The molecule has 0 fully saturated rings. The third-order valence-corrected chi connectivity index (χ3v) is 3.81. The molecule has 0 saturated carbocycles. The van der Waals surface area contributed by atoms with Crippen LogP contribution in [0, 0.1) is 0 Å². The van der Waals surface area contributed by atoms with Crippen LogP contribution in [0.2, 0.25) is 0 Å². The lowest BCUT2D eigenvalue weighted by atomic mass is 10.1. The molecule has 0 bridgehead atoms. The molecule has 0 saturated heterocycles. The van der Waals surface area contributed by atoms with Crippen LogP contribution in [0.15, 0.2) is 30.3 Å². The van der Waals surface area contributed by atoms with Gasteiger partial charge in [0.15, 0.2) is 0 Å². The molecule has 20 heavy (non-hydrogen) atoms. The van der Waals surface area contributed by atoms with Gasteiger partial charge in [0.2, 0.25) is 10.0 Å². The summed E-state index contributed by atoms with van der Waals surface area (Å²) in [5, 5.41) is 0. The van der Waals surface area contributed by atoms with Gasteiger partial charge in [-0.1, -0.05) is 30.3 Å². The highest BCUT2D eigenvalue weighted by molar-refractivity contribution is 7.89. The molecule has 112 valence electrons. The Labute approximate surface area is 120 Å². The van der Waals surface area contributed by atoms with E-state index in [4.69, 9.17) is 4.74 Å². The predicted molar refractivity (Wildman–Crippen MR) is 77.6 cm³/mol. The number of ether oxygens (including phenoxy) is 1. The molecule has 0 aliphatic carbocycles. The molecular formula is C14H21NO4S. The minimum atomic E-state index is -3.52. The van der Waals surface area contributed by atoms with Crippen LogP contribution in [0.4, 0.5) is 0 Å². The van der Waals surface area contributed by atoms with Crippen molar-refractivity contribution >= 4 is 16.0 Å². The van der Waals surface area contributed by atoms with Crippen LogP contribution >= 0.6 is 0 Å². The largest absolute Gasteiger partial charge is 0.459 e. The number of hydrogen-bond donors (Lipinski definition) is 1. The van der Waals surface area contributed by atoms with E-state index in [9.17, 15) is 13.2 Å². The maximum absolute atomic E-state index is 12.2. The Morgan fingerprint density at radius 3 is 2.25 bits per heavy atom. The van der Waals surface area contributed by atoms with Gasteiger partial charge in [0.25, 0.3) is 0 Å². The van der Waals surface area contributed by atoms with E-state index in [1.165, 1.54) is 6.92 Å². The van der Waals surface area contributed by atoms with Gasteiger partial charge in [0.05, 0.1) is 5.75 Å². The van der Waals surface area contributed by atoms with Crippen molar-refractivity contribution in [1.82, 2.24) is 4.72 Å². The van der Waals surface area contributed by atoms with E-state index in [1.807, 2.05) is 0 Å². The van der Waals surface area contributed by atoms with Crippen LogP contribution < -0.4 is 4.72 Å². The topological polar surface area (TPSA) is 72.5 Å². The first-order chi connectivity index (χ1) is 9.14. The van der Waals surface area contributed by atoms with Crippen molar-refractivity contribution < 1.29 is 17.9 Å². The third kappa shape index (κ3) is 5.30. The number of hydrogen-bond acceptors (Lipinski definition) is 4. The van der Waals surface area contributed by atoms with Gasteiger partial charge in [-0.2, -0.15) is 4.72 Å². The van der Waals surface area contributed by atoms with Gasteiger partial charge in [-0.3, -0.25) is 0 Å². The lowest BCUT2D eigenvalue weighted by molar-refractivity contribution is -0.157. The van der Waals surface area contributed by atoms with E-state index in [0.29, 0.717) is 5.56 Å². The molecule has 0 heterocycles. The minimum absolute atomic E-state index is 0.0981. The molecule has 0 spiro atoms. The van der Waals surface area contributed by atoms with Crippen molar-refractivity contribution in [3.8, 4) is 0 Å². The quantitative estimate of drug-likeness (QED) is 0.844. The van der Waals surface area contributed by atoms with Gasteiger partial charge in [-0.25, -0.2) is 13.2 Å². The summed E-state index contributed by atoms with van der Waals surface area (Å²) >= 11 is 0. The second-order valence-electron chi connectivity index (χ2n) is 5.40. The highest BCUT2D eigenvalue weighted by Gasteiger charge is 2.29. The predicted octanol–water partition coefficient (Wildman–Crippen LogP) is 2.01. The van der Waals surface area contributed by atoms with E-state index < -0.39 is 27.6 Å². The van der Waals surface area contributed by atoms with E-state index in [2.05, 4.69) is 4.72 Å². The van der Waals surface area contributed by atoms with Gasteiger partial charge in [0.1, 0.15) is 11.6 Å². The molecule has 6 heteroatoms. The summed E-state index contributed by atoms with van der Waals surface area (Å²) in [5.41, 5.74) is -0.124. The van der Waals surface area contributed by atoms with E-state index in [0.717, 1.165) is 0 Å². The second-order valence-corrected chi connectivity index (χ2v) is 7.44. The monoisotopic (exact) mass is 299 g/mol. The van der Waals surface area contributed by atoms with Crippen molar-refractivity contribution in [3.05, 3.63) is 35.9 Å². The fourth-order valence-electron chi connectivity index (χ4n) is 1.52. The molecule has 1 aromatic rings. The van der Waals surface area contributed by atoms with E-state index in [1.54, 1.807) is 51.1 Å². The molecule has 0 aliphatic heterocycles. The second kappa shape index (κ2) is 6.37. The van der Waals surface area contributed by atoms with E-state index in [-0.39, 0.29) is 5.75 Å². The fraction of sp³-hybridized carbons (Fsp3) is 0.500. The Kier molecular flexibility index (Phi) is 5.30. The number of carbonyl (C=O) groups excluding carboxylic acids is 1. The minimum Gasteiger partial charge on any atom is -0.459 e. The summed E-state index contributed by atoms with van der Waals surface area (Å²) in [6, 6.07) is 7.63. The van der Waals surface area contributed by atoms with Crippen LogP contribution in [0.5, 0.6) is 0 Å². The summed E-state index contributed by atoms with van der Waals surface area (Å²) in [5.74, 6) is -0.709. The van der Waals surface area contributed by atoms with Gasteiger partial charge in [-0.15, -0.1) is 0 Å². The number of sulfonamides is 1. The molecule has 1 rings (SSSR count). The molecular weight excluding hydrogens is 278 g/mol. The number of rotatable bonds is 5. The zero-order valence-electron chi connectivity index (χ0n) is 12.2. The first-order valence-corrected chi connectivity index (χ1v) is 8.07. The van der Waals surface area contributed by atoms with Gasteiger partial charge in [0, 0.05) is 0 Å². The zero-order chi connectivity index (χ0) is 15.4. The summed E-state index contributed by atoms with van der Waals surface area (Å²) in [7, 11) is -3.52.